The summed E-state index contributed by atoms with van der Waals surface area (Å²) in [6, 6.07) is 21.6. The number of amides is 2. The standard InChI is InChI=1S/C35H40N4O5S/c1-23-22-45-34(37-23)31-13-8-14-39(31)35(42)27-17-26(18-29(19-27)44-3)33(41)38-30(16-24-9-5-4-6-10-24)32(40)21-36-20-25-11-7-12-28(15-25)43-2/h4-7,9-12,15,17-19,22,30-32,36,40H,8,13-14,16,20-21H2,1-3H3,(H,38,41)/t30-,31+,32+/m0/s1. The third kappa shape index (κ3) is 8.27. The summed E-state index contributed by atoms with van der Waals surface area (Å²) >= 11 is 1.57. The number of aliphatic hydroxyl groups is 1. The molecule has 0 spiro atoms. The molecule has 3 aromatic carbocycles. The van der Waals surface area contributed by atoms with Gasteiger partial charge in [-0.05, 0) is 67.6 Å². The summed E-state index contributed by atoms with van der Waals surface area (Å²) in [4.78, 5) is 34.0. The number of nitrogens with zero attached hydrogens (tertiary/aromatic N) is 2. The number of aliphatic hydroxyl groups excluding tert-OH is 1. The summed E-state index contributed by atoms with van der Waals surface area (Å²) < 4.78 is 10.8. The highest BCUT2D eigenvalue weighted by Crippen LogP contribution is 2.35. The number of likely N-dealkylation sites (tertiary alicyclic amines) is 1. The molecule has 10 heteroatoms. The van der Waals surface area contributed by atoms with Crippen molar-refractivity contribution < 1.29 is 24.2 Å². The van der Waals surface area contributed by atoms with Gasteiger partial charge in [0.05, 0.1) is 32.4 Å². The maximum atomic E-state index is 13.8. The first-order valence-corrected chi connectivity index (χ1v) is 16.0. The van der Waals surface area contributed by atoms with Gasteiger partial charge in [-0.1, -0.05) is 42.5 Å². The molecule has 1 aliphatic heterocycles. The van der Waals surface area contributed by atoms with Crippen LogP contribution in [0.2, 0.25) is 0 Å². The highest BCUT2D eigenvalue weighted by molar-refractivity contribution is 7.09. The molecule has 1 aliphatic rings. The van der Waals surface area contributed by atoms with Gasteiger partial charge in [-0.2, -0.15) is 0 Å². The average Bonchev–Trinajstić information content (AvgIpc) is 3.73. The fourth-order valence-electron chi connectivity index (χ4n) is 5.62. The van der Waals surface area contributed by atoms with Crippen LogP contribution in [-0.2, 0) is 13.0 Å². The van der Waals surface area contributed by atoms with E-state index < -0.39 is 18.1 Å². The van der Waals surface area contributed by atoms with E-state index in [9.17, 15) is 14.7 Å². The maximum absolute atomic E-state index is 13.8. The Hall–Kier alpha value is -4.25. The molecule has 236 valence electrons. The maximum Gasteiger partial charge on any atom is 0.254 e. The first-order chi connectivity index (χ1) is 21.8. The van der Waals surface area contributed by atoms with E-state index in [4.69, 9.17) is 9.47 Å². The second kappa shape index (κ2) is 15.2. The fourth-order valence-corrected chi connectivity index (χ4v) is 6.56. The lowest BCUT2D eigenvalue weighted by molar-refractivity contribution is 0.0735. The van der Waals surface area contributed by atoms with Crippen LogP contribution in [0.25, 0.3) is 0 Å². The molecular weight excluding hydrogens is 588 g/mol. The largest absolute Gasteiger partial charge is 0.497 e. The van der Waals surface area contributed by atoms with Crippen LogP contribution in [0.3, 0.4) is 0 Å². The van der Waals surface area contributed by atoms with Gasteiger partial charge in [0.2, 0.25) is 0 Å². The van der Waals surface area contributed by atoms with E-state index in [1.54, 1.807) is 36.6 Å². The van der Waals surface area contributed by atoms with Crippen molar-refractivity contribution in [2.75, 3.05) is 27.3 Å². The smallest absolute Gasteiger partial charge is 0.254 e. The number of methoxy groups -OCH3 is 2. The Morgan fingerprint density at radius 3 is 2.49 bits per heavy atom. The van der Waals surface area contributed by atoms with Gasteiger partial charge in [0.1, 0.15) is 16.5 Å². The summed E-state index contributed by atoms with van der Waals surface area (Å²) in [6.07, 6.45) is 1.27. The topological polar surface area (TPSA) is 113 Å². The highest BCUT2D eigenvalue weighted by atomic mass is 32.1. The van der Waals surface area contributed by atoms with Gasteiger partial charge in [0.15, 0.2) is 0 Å². The zero-order valence-electron chi connectivity index (χ0n) is 25.9. The van der Waals surface area contributed by atoms with Crippen LogP contribution in [0.5, 0.6) is 11.5 Å². The summed E-state index contributed by atoms with van der Waals surface area (Å²) in [6.45, 7) is 3.35. The molecule has 45 heavy (non-hydrogen) atoms. The average molecular weight is 629 g/mol. The third-order valence-corrected chi connectivity index (χ3v) is 9.05. The molecular formula is C35H40N4O5S. The van der Waals surface area contributed by atoms with Crippen LogP contribution < -0.4 is 20.1 Å². The van der Waals surface area contributed by atoms with E-state index in [1.165, 1.54) is 7.11 Å². The van der Waals surface area contributed by atoms with Crippen LogP contribution in [0.4, 0.5) is 0 Å². The molecule has 0 bridgehead atoms. The quantitative estimate of drug-likeness (QED) is 0.192. The molecule has 0 aliphatic carbocycles. The molecule has 1 saturated heterocycles. The van der Waals surface area contributed by atoms with Crippen molar-refractivity contribution in [1.29, 1.82) is 0 Å². The van der Waals surface area contributed by atoms with Crippen molar-refractivity contribution >= 4 is 23.2 Å². The van der Waals surface area contributed by atoms with Crippen LogP contribution in [0, 0.1) is 6.92 Å². The zero-order valence-corrected chi connectivity index (χ0v) is 26.7. The molecule has 0 radical (unpaired) electrons. The molecule has 4 aromatic rings. The van der Waals surface area contributed by atoms with Gasteiger partial charge in [0.25, 0.3) is 11.8 Å². The van der Waals surface area contributed by atoms with Crippen molar-refractivity contribution in [3.63, 3.8) is 0 Å². The molecule has 0 saturated carbocycles. The van der Waals surface area contributed by atoms with Gasteiger partial charge in [-0.25, -0.2) is 4.98 Å². The molecule has 3 atom stereocenters. The van der Waals surface area contributed by atoms with Crippen LogP contribution in [0.15, 0.2) is 78.2 Å². The highest BCUT2D eigenvalue weighted by Gasteiger charge is 2.33. The Bertz CT molecular complexity index is 1590. The number of ether oxygens (including phenoxy) is 2. The Morgan fingerprint density at radius 2 is 1.76 bits per heavy atom. The van der Waals surface area contributed by atoms with Gasteiger partial charge in [-0.3, -0.25) is 9.59 Å². The minimum Gasteiger partial charge on any atom is -0.497 e. The zero-order chi connectivity index (χ0) is 31.8. The third-order valence-electron chi connectivity index (χ3n) is 7.98. The molecule has 3 N–H and O–H groups in total. The van der Waals surface area contributed by atoms with Gasteiger partial charge >= 0.3 is 0 Å². The van der Waals surface area contributed by atoms with E-state index in [0.29, 0.717) is 30.8 Å². The second-order valence-electron chi connectivity index (χ2n) is 11.3. The number of hydrogen-bond acceptors (Lipinski definition) is 8. The SMILES string of the molecule is COc1cccc(CNC[C@@H](O)[C@H](Cc2ccccc2)NC(=O)c2cc(OC)cc(C(=O)N3CCC[C@@H]3c3nc(C)cs3)c2)c1. The summed E-state index contributed by atoms with van der Waals surface area (Å²) in [5, 5.41) is 20.5. The van der Waals surface area contributed by atoms with E-state index >= 15 is 0 Å². The van der Waals surface area contributed by atoms with Crippen molar-refractivity contribution in [2.24, 2.45) is 0 Å². The first-order valence-electron chi connectivity index (χ1n) is 15.1. The fraction of sp³-hybridized carbons (Fsp3) is 0.343. The minimum atomic E-state index is -0.890. The number of nitrogens with one attached hydrogen (secondary N) is 2. The van der Waals surface area contributed by atoms with Crippen molar-refractivity contribution in [2.45, 2.75) is 50.9 Å². The first kappa shape index (κ1) is 32.2. The number of aryl methyl sites for hydroxylation is 1. The lowest BCUT2D eigenvalue weighted by Gasteiger charge is -2.26. The number of rotatable bonds is 13. The molecule has 2 amide bonds. The number of benzene rings is 3. The minimum absolute atomic E-state index is 0.0884. The summed E-state index contributed by atoms with van der Waals surface area (Å²) in [7, 11) is 3.14. The Kier molecular flexibility index (Phi) is 10.8. The molecule has 1 fully saturated rings. The molecule has 2 heterocycles. The lowest BCUT2D eigenvalue weighted by Crippen LogP contribution is -2.48. The van der Waals surface area contributed by atoms with E-state index in [-0.39, 0.29) is 24.1 Å². The number of carbonyl (C=O) groups is 2. The van der Waals surface area contributed by atoms with E-state index in [2.05, 4.69) is 15.6 Å². The lowest BCUT2D eigenvalue weighted by atomic mass is 10.00. The Labute approximate surface area is 268 Å². The monoisotopic (exact) mass is 628 g/mol. The summed E-state index contributed by atoms with van der Waals surface area (Å²) in [5.41, 5.74) is 3.60. The van der Waals surface area contributed by atoms with Gasteiger partial charge < -0.3 is 30.1 Å². The normalized spacial score (nSPS) is 15.8. The van der Waals surface area contributed by atoms with Crippen molar-refractivity contribution in [1.82, 2.24) is 20.5 Å². The molecule has 1 aromatic heterocycles. The molecule has 9 nitrogen and oxygen atoms in total. The summed E-state index contributed by atoms with van der Waals surface area (Å²) in [5.74, 6) is 0.607. The van der Waals surface area contributed by atoms with Crippen LogP contribution in [-0.4, -0.2) is 66.3 Å². The van der Waals surface area contributed by atoms with Gasteiger partial charge in [-0.15, -0.1) is 11.3 Å². The van der Waals surface area contributed by atoms with E-state index in [0.717, 1.165) is 40.4 Å². The Morgan fingerprint density at radius 1 is 1.00 bits per heavy atom. The number of hydrogen-bond donors (Lipinski definition) is 3. The number of thiazole rings is 1. The second-order valence-corrected chi connectivity index (χ2v) is 12.1. The number of carbonyl (C=O) groups excluding carboxylic acids is 2. The van der Waals surface area contributed by atoms with Crippen molar-refractivity contribution in [3.05, 3.63) is 111 Å². The van der Waals surface area contributed by atoms with E-state index in [1.807, 2.05) is 71.8 Å². The number of aromatic nitrogens is 1. The van der Waals surface area contributed by atoms with Crippen LogP contribution >= 0.6 is 11.3 Å². The Balaban J connectivity index is 1.32. The van der Waals surface area contributed by atoms with Gasteiger partial charge in [0, 0.05) is 41.8 Å². The predicted molar refractivity (Wildman–Crippen MR) is 175 cm³/mol. The van der Waals surface area contributed by atoms with Crippen LogP contribution in [0.1, 0.15) is 61.4 Å². The molecule has 0 unspecified atom stereocenters. The molecule has 5 rings (SSSR count). The predicted octanol–water partition coefficient (Wildman–Crippen LogP) is 4.94. The van der Waals surface area contributed by atoms with Crippen molar-refractivity contribution in [3.8, 4) is 11.5 Å².